The Morgan fingerprint density at radius 3 is 2.83 bits per heavy atom. The van der Waals surface area contributed by atoms with Gasteiger partial charge in [0.05, 0.1) is 30.9 Å². The fourth-order valence-electron chi connectivity index (χ4n) is 2.42. The van der Waals surface area contributed by atoms with Gasteiger partial charge in [-0.15, -0.1) is 0 Å². The summed E-state index contributed by atoms with van der Waals surface area (Å²) < 4.78 is 5.21. The normalized spacial score (nSPS) is 17.7. The highest BCUT2D eigenvalue weighted by atomic mass is 16.5. The molecular weight excluding hydrogens is 228 g/mol. The first-order valence-electron chi connectivity index (χ1n) is 6.24. The lowest BCUT2D eigenvalue weighted by molar-refractivity contribution is -0.128. The summed E-state index contributed by atoms with van der Waals surface area (Å²) in [5.74, 6) is 0. The van der Waals surface area contributed by atoms with Crippen molar-refractivity contribution in [1.82, 2.24) is 4.98 Å². The van der Waals surface area contributed by atoms with E-state index in [1.54, 1.807) is 0 Å². The second-order valence-electron chi connectivity index (χ2n) is 5.18. The van der Waals surface area contributed by atoms with Gasteiger partial charge in [-0.2, -0.15) is 0 Å². The van der Waals surface area contributed by atoms with Crippen molar-refractivity contribution in [3.05, 3.63) is 30.0 Å². The number of H-pyrrole nitrogens is 1. The summed E-state index contributed by atoms with van der Waals surface area (Å²) >= 11 is 0. The number of anilines is 1. The Bertz CT molecular complexity index is 552. The molecular formula is C14H18N2O2. The van der Waals surface area contributed by atoms with Crippen LogP contribution in [0.2, 0.25) is 0 Å². The lowest BCUT2D eigenvalue weighted by atomic mass is 9.87. The summed E-state index contributed by atoms with van der Waals surface area (Å²) in [7, 11) is 0. The number of aryl methyl sites for hydroxylation is 1. The summed E-state index contributed by atoms with van der Waals surface area (Å²) in [4.78, 5) is 3.36. The molecule has 0 atom stereocenters. The molecule has 0 bridgehead atoms. The predicted octanol–water partition coefficient (Wildman–Crippen LogP) is 1.90. The number of para-hydroxylation sites is 1. The highest BCUT2D eigenvalue weighted by Crippen LogP contribution is 2.31. The molecule has 3 N–H and O–H groups in total. The second kappa shape index (κ2) is 4.30. The summed E-state index contributed by atoms with van der Waals surface area (Å²) in [5, 5.41) is 14.1. The number of nitrogens with one attached hydrogen (secondary N) is 2. The zero-order valence-corrected chi connectivity index (χ0v) is 10.5. The maximum Gasteiger partial charge on any atom is 0.0628 e. The minimum atomic E-state index is -0.106. The third kappa shape index (κ3) is 1.78. The minimum absolute atomic E-state index is 0.106. The van der Waals surface area contributed by atoms with Crippen LogP contribution in [0.4, 0.5) is 5.69 Å². The number of hydrogen-bond donors (Lipinski definition) is 3. The van der Waals surface area contributed by atoms with Crippen LogP contribution in [0.5, 0.6) is 0 Å². The topological polar surface area (TPSA) is 57.3 Å². The molecule has 2 aromatic rings. The molecule has 0 saturated carbocycles. The Morgan fingerprint density at radius 1 is 1.39 bits per heavy atom. The number of aromatic amines is 1. The van der Waals surface area contributed by atoms with Gasteiger partial charge in [0, 0.05) is 23.1 Å². The van der Waals surface area contributed by atoms with Crippen molar-refractivity contribution in [3.8, 4) is 0 Å². The Morgan fingerprint density at radius 2 is 2.17 bits per heavy atom. The summed E-state index contributed by atoms with van der Waals surface area (Å²) in [6.07, 6.45) is 0. The average Bonchev–Trinajstić information content (AvgIpc) is 2.65. The quantitative estimate of drug-likeness (QED) is 0.772. The molecule has 0 unspecified atom stereocenters. The number of aliphatic hydroxyl groups excluding tert-OH is 1. The van der Waals surface area contributed by atoms with Gasteiger partial charge in [0.25, 0.3) is 0 Å². The van der Waals surface area contributed by atoms with E-state index in [1.807, 2.05) is 12.1 Å². The zero-order chi connectivity index (χ0) is 12.6. The van der Waals surface area contributed by atoms with Crippen molar-refractivity contribution in [2.24, 2.45) is 5.41 Å². The molecule has 18 heavy (non-hydrogen) atoms. The minimum Gasteiger partial charge on any atom is -0.396 e. The number of benzene rings is 1. The molecule has 1 aliphatic heterocycles. The second-order valence-corrected chi connectivity index (χ2v) is 5.18. The summed E-state index contributed by atoms with van der Waals surface area (Å²) in [5.41, 5.74) is 3.29. The highest BCUT2D eigenvalue weighted by Gasteiger charge is 2.38. The fraction of sp³-hybridized carbons (Fsp3) is 0.429. The highest BCUT2D eigenvalue weighted by molar-refractivity contribution is 5.94. The number of aromatic nitrogens is 1. The van der Waals surface area contributed by atoms with Gasteiger partial charge < -0.3 is 20.1 Å². The van der Waals surface area contributed by atoms with E-state index in [9.17, 15) is 5.11 Å². The van der Waals surface area contributed by atoms with Gasteiger partial charge in [0.1, 0.15) is 0 Å². The number of fused-ring (bicyclic) bond motifs is 1. The molecule has 1 fully saturated rings. The zero-order valence-electron chi connectivity index (χ0n) is 10.5. The Balaban J connectivity index is 1.84. The summed E-state index contributed by atoms with van der Waals surface area (Å²) in [6.45, 7) is 4.24. The largest absolute Gasteiger partial charge is 0.396 e. The molecule has 0 amide bonds. The van der Waals surface area contributed by atoms with Crippen molar-refractivity contribution in [1.29, 1.82) is 0 Å². The van der Waals surface area contributed by atoms with E-state index in [-0.39, 0.29) is 12.0 Å². The van der Waals surface area contributed by atoms with Crippen molar-refractivity contribution in [2.45, 2.75) is 6.92 Å². The molecule has 0 radical (unpaired) electrons. The van der Waals surface area contributed by atoms with Crippen LogP contribution in [-0.2, 0) is 4.74 Å². The van der Waals surface area contributed by atoms with E-state index >= 15 is 0 Å². The van der Waals surface area contributed by atoms with Gasteiger partial charge in [-0.25, -0.2) is 0 Å². The number of ether oxygens (including phenoxy) is 1. The maximum atomic E-state index is 9.42. The van der Waals surface area contributed by atoms with E-state index in [0.29, 0.717) is 13.2 Å². The van der Waals surface area contributed by atoms with Gasteiger partial charge >= 0.3 is 0 Å². The number of aliphatic hydroxyl groups is 1. The lowest BCUT2D eigenvalue weighted by Gasteiger charge is -2.40. The molecule has 96 valence electrons. The van der Waals surface area contributed by atoms with Crippen LogP contribution in [0.25, 0.3) is 10.9 Å². The van der Waals surface area contributed by atoms with Crippen LogP contribution in [0.15, 0.2) is 24.3 Å². The maximum absolute atomic E-state index is 9.42. The standard InChI is InChI=1S/C14H18N2O2/c1-10-13(11-4-2-3-5-12(11)16-10)15-6-14(7-17)8-18-9-14/h2-5,15-17H,6-9H2,1H3. The van der Waals surface area contributed by atoms with E-state index in [0.717, 1.165) is 23.4 Å². The monoisotopic (exact) mass is 246 g/mol. The molecule has 3 rings (SSSR count). The first kappa shape index (κ1) is 11.6. The van der Waals surface area contributed by atoms with Crippen molar-refractivity contribution in [3.63, 3.8) is 0 Å². The smallest absolute Gasteiger partial charge is 0.0628 e. The van der Waals surface area contributed by atoms with Crippen LogP contribution in [0.3, 0.4) is 0 Å². The Labute approximate surface area is 106 Å². The van der Waals surface area contributed by atoms with E-state index in [2.05, 4.69) is 29.4 Å². The van der Waals surface area contributed by atoms with Gasteiger partial charge in [-0.05, 0) is 13.0 Å². The Hall–Kier alpha value is -1.52. The van der Waals surface area contributed by atoms with Gasteiger partial charge in [-0.1, -0.05) is 18.2 Å². The van der Waals surface area contributed by atoms with Crippen LogP contribution < -0.4 is 5.32 Å². The molecule has 1 saturated heterocycles. The third-order valence-electron chi connectivity index (χ3n) is 3.69. The lowest BCUT2D eigenvalue weighted by Crippen LogP contribution is -2.50. The van der Waals surface area contributed by atoms with Crippen molar-refractivity contribution in [2.75, 3.05) is 31.7 Å². The first-order valence-corrected chi connectivity index (χ1v) is 6.24. The van der Waals surface area contributed by atoms with Crippen LogP contribution in [-0.4, -0.2) is 36.5 Å². The van der Waals surface area contributed by atoms with Gasteiger partial charge in [0.15, 0.2) is 0 Å². The van der Waals surface area contributed by atoms with Crippen molar-refractivity contribution < 1.29 is 9.84 Å². The SMILES string of the molecule is Cc1[nH]c2ccccc2c1NCC1(CO)COC1. The van der Waals surface area contributed by atoms with Crippen molar-refractivity contribution >= 4 is 16.6 Å². The third-order valence-corrected chi connectivity index (χ3v) is 3.69. The van der Waals surface area contributed by atoms with Crippen LogP contribution >= 0.6 is 0 Å². The molecule has 1 aromatic heterocycles. The number of rotatable bonds is 4. The molecule has 1 aromatic carbocycles. The van der Waals surface area contributed by atoms with E-state index in [4.69, 9.17) is 4.74 Å². The van der Waals surface area contributed by atoms with Gasteiger partial charge in [-0.3, -0.25) is 0 Å². The summed E-state index contributed by atoms with van der Waals surface area (Å²) in [6, 6.07) is 8.23. The van der Waals surface area contributed by atoms with Gasteiger partial charge in [0.2, 0.25) is 0 Å². The van der Waals surface area contributed by atoms with E-state index in [1.165, 1.54) is 5.39 Å². The fourth-order valence-corrected chi connectivity index (χ4v) is 2.42. The molecule has 4 nitrogen and oxygen atoms in total. The number of hydrogen-bond acceptors (Lipinski definition) is 3. The molecule has 4 heteroatoms. The van der Waals surface area contributed by atoms with Crippen LogP contribution in [0.1, 0.15) is 5.69 Å². The Kier molecular flexibility index (Phi) is 2.76. The molecule has 1 aliphatic rings. The average molecular weight is 246 g/mol. The van der Waals surface area contributed by atoms with Crippen LogP contribution in [0, 0.1) is 12.3 Å². The molecule has 2 heterocycles. The first-order chi connectivity index (χ1) is 8.74. The molecule has 0 spiro atoms. The predicted molar refractivity (Wildman–Crippen MR) is 71.9 cm³/mol. The molecule has 0 aliphatic carbocycles. The van der Waals surface area contributed by atoms with E-state index < -0.39 is 0 Å².